The van der Waals surface area contributed by atoms with Gasteiger partial charge in [-0.2, -0.15) is 5.26 Å². The van der Waals surface area contributed by atoms with Gasteiger partial charge in [-0.1, -0.05) is 13.8 Å². The van der Waals surface area contributed by atoms with Crippen LogP contribution in [0.25, 0.3) is 0 Å². The van der Waals surface area contributed by atoms with E-state index in [0.29, 0.717) is 6.04 Å². The zero-order chi connectivity index (χ0) is 10.0. The van der Waals surface area contributed by atoms with Crippen molar-refractivity contribution in [2.24, 2.45) is 11.8 Å². The summed E-state index contributed by atoms with van der Waals surface area (Å²) >= 11 is 0. The van der Waals surface area contributed by atoms with Crippen LogP contribution in [0.15, 0.2) is 0 Å². The van der Waals surface area contributed by atoms with Crippen molar-refractivity contribution in [3.8, 4) is 6.07 Å². The van der Waals surface area contributed by atoms with Crippen LogP contribution in [-0.4, -0.2) is 23.9 Å². The third-order valence-corrected chi connectivity index (χ3v) is 2.51. The summed E-state index contributed by atoms with van der Waals surface area (Å²) in [5, 5.41) is 8.82. The van der Waals surface area contributed by atoms with Gasteiger partial charge < -0.3 is 4.90 Å². The van der Waals surface area contributed by atoms with Crippen molar-refractivity contribution in [3.63, 3.8) is 0 Å². The van der Waals surface area contributed by atoms with Gasteiger partial charge in [0, 0.05) is 13.1 Å². The van der Waals surface area contributed by atoms with Crippen LogP contribution in [0.3, 0.4) is 0 Å². The number of hydrogen-bond donors (Lipinski definition) is 0. The molecule has 1 fully saturated rings. The zero-order valence-corrected chi connectivity index (χ0v) is 8.45. The molecule has 3 nitrogen and oxygen atoms in total. The molecule has 1 aliphatic carbocycles. The van der Waals surface area contributed by atoms with Crippen molar-refractivity contribution in [1.29, 1.82) is 5.26 Å². The van der Waals surface area contributed by atoms with Crippen LogP contribution in [0, 0.1) is 23.2 Å². The second-order valence-electron chi connectivity index (χ2n) is 4.03. The van der Waals surface area contributed by atoms with E-state index in [1.54, 1.807) is 11.9 Å². The molecule has 0 aromatic heterocycles. The van der Waals surface area contributed by atoms with Crippen molar-refractivity contribution in [3.05, 3.63) is 0 Å². The molecule has 0 N–H and O–H groups in total. The Morgan fingerprint density at radius 1 is 1.54 bits per heavy atom. The van der Waals surface area contributed by atoms with Gasteiger partial charge in [0.1, 0.15) is 5.92 Å². The van der Waals surface area contributed by atoms with Crippen molar-refractivity contribution >= 4 is 5.91 Å². The number of carbonyl (C=O) groups is 1. The smallest absolute Gasteiger partial charge is 0.240 e. The molecule has 1 amide bonds. The molecule has 1 atom stereocenters. The average molecular weight is 180 g/mol. The van der Waals surface area contributed by atoms with Gasteiger partial charge >= 0.3 is 0 Å². The van der Waals surface area contributed by atoms with E-state index in [0.717, 1.165) is 12.8 Å². The van der Waals surface area contributed by atoms with E-state index in [9.17, 15) is 4.79 Å². The molecule has 0 aromatic carbocycles. The maximum Gasteiger partial charge on any atom is 0.240 e. The fourth-order valence-electron chi connectivity index (χ4n) is 1.35. The topological polar surface area (TPSA) is 44.1 Å². The monoisotopic (exact) mass is 180 g/mol. The molecule has 1 aliphatic rings. The van der Waals surface area contributed by atoms with Crippen LogP contribution in [-0.2, 0) is 4.79 Å². The number of rotatable bonds is 3. The maximum absolute atomic E-state index is 11.7. The second-order valence-corrected chi connectivity index (χ2v) is 4.03. The Balaban J connectivity index is 2.58. The lowest BCUT2D eigenvalue weighted by Gasteiger charge is -2.21. The minimum absolute atomic E-state index is 0.0139. The van der Waals surface area contributed by atoms with Crippen LogP contribution in [0.2, 0.25) is 0 Å². The molecule has 0 bridgehead atoms. The van der Waals surface area contributed by atoms with Gasteiger partial charge in [0.25, 0.3) is 0 Å². The normalized spacial score (nSPS) is 18.1. The van der Waals surface area contributed by atoms with E-state index >= 15 is 0 Å². The first kappa shape index (κ1) is 10.0. The molecule has 1 rings (SSSR count). The van der Waals surface area contributed by atoms with E-state index in [1.165, 1.54) is 0 Å². The Morgan fingerprint density at radius 2 is 2.08 bits per heavy atom. The molecule has 13 heavy (non-hydrogen) atoms. The van der Waals surface area contributed by atoms with E-state index in [1.807, 2.05) is 13.8 Å². The predicted molar refractivity (Wildman–Crippen MR) is 49.7 cm³/mol. The molecule has 0 aromatic rings. The zero-order valence-electron chi connectivity index (χ0n) is 8.45. The first-order valence-electron chi connectivity index (χ1n) is 4.74. The van der Waals surface area contributed by atoms with Crippen LogP contribution in [0.4, 0.5) is 0 Å². The average Bonchev–Trinajstić information content (AvgIpc) is 2.85. The second kappa shape index (κ2) is 3.78. The number of carbonyl (C=O) groups excluding carboxylic acids is 1. The molecule has 0 radical (unpaired) electrons. The summed E-state index contributed by atoms with van der Waals surface area (Å²) in [6.07, 6.45) is 2.19. The molecular formula is C10H16N2O. The third kappa shape index (κ3) is 2.21. The molecule has 0 saturated heterocycles. The van der Waals surface area contributed by atoms with Gasteiger partial charge in [0.2, 0.25) is 5.91 Å². The van der Waals surface area contributed by atoms with Gasteiger partial charge in [0.05, 0.1) is 6.07 Å². The van der Waals surface area contributed by atoms with E-state index < -0.39 is 5.92 Å². The lowest BCUT2D eigenvalue weighted by Crippen LogP contribution is -2.36. The van der Waals surface area contributed by atoms with Gasteiger partial charge in [0.15, 0.2) is 0 Å². The summed E-state index contributed by atoms with van der Waals surface area (Å²) in [7, 11) is 1.80. The highest BCUT2D eigenvalue weighted by Crippen LogP contribution is 2.27. The van der Waals surface area contributed by atoms with Crippen molar-refractivity contribution < 1.29 is 4.79 Å². The number of nitriles is 1. The van der Waals surface area contributed by atoms with E-state index in [2.05, 4.69) is 6.07 Å². The third-order valence-electron chi connectivity index (χ3n) is 2.51. The van der Waals surface area contributed by atoms with Crippen LogP contribution < -0.4 is 0 Å². The van der Waals surface area contributed by atoms with Crippen LogP contribution in [0.5, 0.6) is 0 Å². The standard InChI is InChI=1S/C10H16N2O/c1-7(2)9(6-11)10(13)12(3)8-4-5-8/h7-9H,4-5H2,1-3H3. The van der Waals surface area contributed by atoms with Crippen molar-refractivity contribution in [2.45, 2.75) is 32.7 Å². The van der Waals surface area contributed by atoms with Gasteiger partial charge in [-0.3, -0.25) is 4.79 Å². The Morgan fingerprint density at radius 3 is 2.38 bits per heavy atom. The minimum Gasteiger partial charge on any atom is -0.342 e. The Labute approximate surface area is 79.3 Å². The van der Waals surface area contributed by atoms with Crippen LogP contribution in [0.1, 0.15) is 26.7 Å². The first-order chi connectivity index (χ1) is 6.07. The fourth-order valence-corrected chi connectivity index (χ4v) is 1.35. The predicted octanol–water partition coefficient (Wildman–Crippen LogP) is 1.40. The van der Waals surface area contributed by atoms with Crippen LogP contribution >= 0.6 is 0 Å². The fraction of sp³-hybridized carbons (Fsp3) is 0.800. The molecule has 0 spiro atoms. The summed E-state index contributed by atoms with van der Waals surface area (Å²) < 4.78 is 0. The molecule has 1 unspecified atom stereocenters. The maximum atomic E-state index is 11.7. The number of nitrogens with zero attached hydrogens (tertiary/aromatic N) is 2. The minimum atomic E-state index is -0.467. The molecule has 0 aliphatic heterocycles. The van der Waals surface area contributed by atoms with Crippen molar-refractivity contribution in [2.75, 3.05) is 7.05 Å². The Hall–Kier alpha value is -1.04. The summed E-state index contributed by atoms with van der Waals surface area (Å²) in [6, 6.07) is 2.48. The van der Waals surface area contributed by atoms with E-state index in [4.69, 9.17) is 5.26 Å². The molecular weight excluding hydrogens is 164 g/mol. The van der Waals surface area contributed by atoms with Crippen molar-refractivity contribution in [1.82, 2.24) is 4.90 Å². The molecule has 3 heteroatoms. The molecule has 1 saturated carbocycles. The van der Waals surface area contributed by atoms with Gasteiger partial charge in [-0.15, -0.1) is 0 Å². The SMILES string of the molecule is CC(C)C(C#N)C(=O)N(C)C1CC1. The largest absolute Gasteiger partial charge is 0.342 e. The quantitative estimate of drug-likeness (QED) is 0.659. The van der Waals surface area contributed by atoms with Gasteiger partial charge in [-0.25, -0.2) is 0 Å². The Kier molecular flexibility index (Phi) is 2.92. The first-order valence-corrected chi connectivity index (χ1v) is 4.74. The molecule has 72 valence electrons. The number of amides is 1. The van der Waals surface area contributed by atoms with Gasteiger partial charge in [-0.05, 0) is 18.8 Å². The Bertz CT molecular complexity index is 238. The number of hydrogen-bond acceptors (Lipinski definition) is 2. The summed E-state index contributed by atoms with van der Waals surface area (Å²) in [6.45, 7) is 3.82. The highest BCUT2D eigenvalue weighted by Gasteiger charge is 2.34. The lowest BCUT2D eigenvalue weighted by atomic mass is 9.96. The highest BCUT2D eigenvalue weighted by molar-refractivity contribution is 5.81. The summed E-state index contributed by atoms with van der Waals surface area (Å²) in [5.41, 5.74) is 0. The van der Waals surface area contributed by atoms with E-state index in [-0.39, 0.29) is 11.8 Å². The molecule has 0 heterocycles. The highest BCUT2D eigenvalue weighted by atomic mass is 16.2. The lowest BCUT2D eigenvalue weighted by molar-refractivity contribution is -0.134. The summed E-state index contributed by atoms with van der Waals surface area (Å²) in [4.78, 5) is 13.4. The summed E-state index contributed by atoms with van der Waals surface area (Å²) in [5.74, 6) is -0.371.